The van der Waals surface area contributed by atoms with Crippen molar-refractivity contribution >= 4 is 22.7 Å². The van der Waals surface area contributed by atoms with Gasteiger partial charge in [0.1, 0.15) is 5.41 Å². The van der Waals surface area contributed by atoms with Crippen molar-refractivity contribution in [1.29, 1.82) is 5.26 Å². The molecule has 2 aromatic carbocycles. The Morgan fingerprint density at radius 3 is 2.04 bits per heavy atom. The van der Waals surface area contributed by atoms with E-state index in [4.69, 9.17) is 9.47 Å². The minimum Gasteiger partial charge on any atom is -0.466 e. The Labute approximate surface area is 147 Å². The molecule has 0 radical (unpaired) electrons. The van der Waals surface area contributed by atoms with E-state index in [-0.39, 0.29) is 26.1 Å². The number of benzene rings is 2. The Morgan fingerprint density at radius 1 is 0.960 bits per heavy atom. The van der Waals surface area contributed by atoms with Crippen LogP contribution >= 0.6 is 0 Å². The van der Waals surface area contributed by atoms with Crippen molar-refractivity contribution in [3.05, 3.63) is 48.0 Å². The number of nitrogens with zero attached hydrogens (tertiary/aromatic N) is 1. The number of nitriles is 1. The highest BCUT2D eigenvalue weighted by Gasteiger charge is 2.39. The van der Waals surface area contributed by atoms with E-state index in [0.717, 1.165) is 10.8 Å². The van der Waals surface area contributed by atoms with E-state index in [0.29, 0.717) is 5.56 Å². The van der Waals surface area contributed by atoms with Crippen LogP contribution in [0.3, 0.4) is 0 Å². The summed E-state index contributed by atoms with van der Waals surface area (Å²) in [5.74, 6) is -1.02. The molecule has 2 rings (SSSR count). The molecule has 0 atom stereocenters. The van der Waals surface area contributed by atoms with Crippen molar-refractivity contribution in [3.63, 3.8) is 0 Å². The lowest BCUT2D eigenvalue weighted by atomic mass is 9.75. The highest BCUT2D eigenvalue weighted by Crippen LogP contribution is 2.34. The quantitative estimate of drug-likeness (QED) is 0.722. The molecule has 2 aromatic rings. The van der Waals surface area contributed by atoms with Crippen molar-refractivity contribution < 1.29 is 19.1 Å². The van der Waals surface area contributed by atoms with Gasteiger partial charge in [-0.05, 0) is 36.2 Å². The van der Waals surface area contributed by atoms with E-state index in [1.54, 1.807) is 19.9 Å². The number of hydrogen-bond donors (Lipinski definition) is 0. The highest BCUT2D eigenvalue weighted by atomic mass is 16.5. The molecule has 5 nitrogen and oxygen atoms in total. The predicted molar refractivity (Wildman–Crippen MR) is 93.7 cm³/mol. The van der Waals surface area contributed by atoms with E-state index >= 15 is 0 Å². The van der Waals surface area contributed by atoms with Crippen LogP contribution in [0.15, 0.2) is 42.5 Å². The molecular formula is C20H21NO4. The van der Waals surface area contributed by atoms with Gasteiger partial charge in [-0.25, -0.2) is 0 Å². The molecule has 0 N–H and O–H groups in total. The number of carbonyl (C=O) groups excluding carboxylic acids is 2. The molecule has 5 heteroatoms. The van der Waals surface area contributed by atoms with Crippen molar-refractivity contribution in [1.82, 2.24) is 0 Å². The fourth-order valence-corrected chi connectivity index (χ4v) is 2.81. The largest absolute Gasteiger partial charge is 0.466 e. The molecular weight excluding hydrogens is 318 g/mol. The maximum Gasteiger partial charge on any atom is 0.307 e. The van der Waals surface area contributed by atoms with Crippen LogP contribution in [0.5, 0.6) is 0 Å². The number of esters is 2. The zero-order valence-corrected chi connectivity index (χ0v) is 14.5. The van der Waals surface area contributed by atoms with Gasteiger partial charge in [-0.1, -0.05) is 36.4 Å². The smallest absolute Gasteiger partial charge is 0.307 e. The van der Waals surface area contributed by atoms with Gasteiger partial charge < -0.3 is 9.47 Å². The Morgan fingerprint density at radius 2 is 1.52 bits per heavy atom. The average Bonchev–Trinajstić information content (AvgIpc) is 2.61. The lowest BCUT2D eigenvalue weighted by molar-refractivity contribution is -0.146. The van der Waals surface area contributed by atoms with E-state index < -0.39 is 17.4 Å². The fourth-order valence-electron chi connectivity index (χ4n) is 2.81. The molecule has 0 fully saturated rings. The number of hydrogen-bond acceptors (Lipinski definition) is 5. The van der Waals surface area contributed by atoms with Crippen LogP contribution in [0.25, 0.3) is 10.8 Å². The van der Waals surface area contributed by atoms with Gasteiger partial charge in [0.05, 0.1) is 32.1 Å². The summed E-state index contributed by atoms with van der Waals surface area (Å²) in [6, 6.07) is 15.4. The van der Waals surface area contributed by atoms with Crippen LogP contribution in [0, 0.1) is 11.3 Å². The standard InChI is InChI=1S/C20H21NO4/c1-3-24-18(22)12-20(14-21,13-19(23)25-4-2)17-10-9-15-7-5-6-8-16(15)11-17/h5-11H,3-4,12-13H2,1-2H3. The number of fused-ring (bicyclic) bond motifs is 1. The molecule has 0 aliphatic heterocycles. The second-order valence-electron chi connectivity index (χ2n) is 5.72. The van der Waals surface area contributed by atoms with Crippen molar-refractivity contribution in [2.45, 2.75) is 32.1 Å². The van der Waals surface area contributed by atoms with Gasteiger partial charge in [-0.3, -0.25) is 9.59 Å². The van der Waals surface area contributed by atoms with Crippen molar-refractivity contribution in [2.24, 2.45) is 0 Å². The first kappa shape index (κ1) is 18.5. The SMILES string of the molecule is CCOC(=O)CC(C#N)(CC(=O)OCC)c1ccc2ccccc2c1. The first-order chi connectivity index (χ1) is 12.0. The lowest BCUT2D eigenvalue weighted by Gasteiger charge is -2.25. The van der Waals surface area contributed by atoms with Gasteiger partial charge in [0.2, 0.25) is 0 Å². The van der Waals surface area contributed by atoms with Crippen LogP contribution in [0.2, 0.25) is 0 Å². The first-order valence-electron chi connectivity index (χ1n) is 8.26. The summed E-state index contributed by atoms with van der Waals surface area (Å²) in [6.45, 7) is 3.84. The molecule has 0 spiro atoms. The van der Waals surface area contributed by atoms with Crippen LogP contribution < -0.4 is 0 Å². The summed E-state index contributed by atoms with van der Waals surface area (Å²) in [6.07, 6.45) is -0.400. The Balaban J connectivity index is 2.48. The second kappa shape index (κ2) is 8.29. The molecule has 0 aromatic heterocycles. The number of ether oxygens (including phenoxy) is 2. The van der Waals surface area contributed by atoms with E-state index in [2.05, 4.69) is 6.07 Å². The Kier molecular flexibility index (Phi) is 6.13. The van der Waals surface area contributed by atoms with Gasteiger partial charge in [-0.15, -0.1) is 0 Å². The minimum atomic E-state index is -1.32. The Bertz CT molecular complexity index is 787. The second-order valence-corrected chi connectivity index (χ2v) is 5.72. The molecule has 25 heavy (non-hydrogen) atoms. The number of carbonyl (C=O) groups is 2. The van der Waals surface area contributed by atoms with Gasteiger partial charge >= 0.3 is 11.9 Å². The zero-order chi connectivity index (χ0) is 18.3. The van der Waals surface area contributed by atoms with E-state index in [1.807, 2.05) is 36.4 Å². The molecule has 0 aliphatic carbocycles. The third kappa shape index (κ3) is 4.36. The monoisotopic (exact) mass is 339 g/mol. The van der Waals surface area contributed by atoms with Gasteiger partial charge in [0.15, 0.2) is 0 Å². The third-order valence-electron chi connectivity index (χ3n) is 4.02. The summed E-state index contributed by atoms with van der Waals surface area (Å²) in [5.41, 5.74) is -0.711. The summed E-state index contributed by atoms with van der Waals surface area (Å²) in [7, 11) is 0. The molecule has 0 unspecified atom stereocenters. The maximum absolute atomic E-state index is 12.1. The van der Waals surface area contributed by atoms with Crippen LogP contribution in [0.1, 0.15) is 32.3 Å². The van der Waals surface area contributed by atoms with Crippen molar-refractivity contribution in [3.8, 4) is 6.07 Å². The molecule has 0 amide bonds. The molecule has 0 bridgehead atoms. The molecule has 0 heterocycles. The topological polar surface area (TPSA) is 76.4 Å². The van der Waals surface area contributed by atoms with Crippen LogP contribution in [-0.2, 0) is 24.5 Å². The van der Waals surface area contributed by atoms with E-state index in [1.165, 1.54) is 0 Å². The van der Waals surface area contributed by atoms with Crippen molar-refractivity contribution in [2.75, 3.05) is 13.2 Å². The third-order valence-corrected chi connectivity index (χ3v) is 4.02. The van der Waals surface area contributed by atoms with Crippen LogP contribution in [0.4, 0.5) is 0 Å². The minimum absolute atomic E-state index is 0.200. The molecule has 0 saturated carbocycles. The number of rotatable bonds is 7. The highest BCUT2D eigenvalue weighted by molar-refractivity contribution is 5.85. The van der Waals surface area contributed by atoms with Gasteiger partial charge in [-0.2, -0.15) is 5.26 Å². The summed E-state index contributed by atoms with van der Waals surface area (Å²) in [5, 5.41) is 11.8. The molecule has 130 valence electrons. The maximum atomic E-state index is 12.1. The molecule has 0 aliphatic rings. The molecule has 0 saturated heterocycles. The zero-order valence-electron chi connectivity index (χ0n) is 14.5. The summed E-state index contributed by atoms with van der Waals surface area (Å²) >= 11 is 0. The normalized spacial score (nSPS) is 10.9. The van der Waals surface area contributed by atoms with Crippen LogP contribution in [-0.4, -0.2) is 25.2 Å². The predicted octanol–water partition coefficient (Wildman–Crippen LogP) is 3.51. The first-order valence-corrected chi connectivity index (χ1v) is 8.26. The lowest BCUT2D eigenvalue weighted by Crippen LogP contribution is -2.32. The van der Waals surface area contributed by atoms with E-state index in [9.17, 15) is 14.9 Å². The Hall–Kier alpha value is -2.87. The average molecular weight is 339 g/mol. The fraction of sp³-hybridized carbons (Fsp3) is 0.350. The summed E-state index contributed by atoms with van der Waals surface area (Å²) in [4.78, 5) is 24.1. The van der Waals surface area contributed by atoms with Gasteiger partial charge in [0, 0.05) is 0 Å². The summed E-state index contributed by atoms with van der Waals surface area (Å²) < 4.78 is 10.0. The van der Waals surface area contributed by atoms with Gasteiger partial charge in [0.25, 0.3) is 0 Å².